The highest BCUT2D eigenvalue weighted by Crippen LogP contribution is 2.35. The Balaban J connectivity index is 1.45. The summed E-state index contributed by atoms with van der Waals surface area (Å²) in [5.41, 5.74) is 6.17. The zero-order valence-corrected chi connectivity index (χ0v) is 22.6. The second-order valence-corrected chi connectivity index (χ2v) is 9.50. The number of unbranched alkanes of at least 4 members (excludes halogenated alkanes) is 1. The van der Waals surface area contributed by atoms with Gasteiger partial charge in [0.25, 0.3) is 5.91 Å². The van der Waals surface area contributed by atoms with Crippen molar-refractivity contribution in [3.8, 4) is 23.0 Å². The molecule has 14 heteroatoms. The Bertz CT molecular complexity index is 1400. The first-order chi connectivity index (χ1) is 20.1. The summed E-state index contributed by atoms with van der Waals surface area (Å²) in [6.45, 7) is -0.687. The summed E-state index contributed by atoms with van der Waals surface area (Å²) in [6, 6.07) is 5.94. The normalized spacial score (nSPS) is 15.5. The number of esters is 1. The van der Waals surface area contributed by atoms with Gasteiger partial charge in [0, 0.05) is 30.2 Å². The van der Waals surface area contributed by atoms with E-state index in [1.54, 1.807) is 6.92 Å². The number of alkyl halides is 2. The van der Waals surface area contributed by atoms with Gasteiger partial charge in [-0.05, 0) is 50.6 Å². The maximum absolute atomic E-state index is 14.0. The zero-order valence-electron chi connectivity index (χ0n) is 22.6. The molecule has 1 saturated heterocycles. The summed E-state index contributed by atoms with van der Waals surface area (Å²) in [5.74, 6) is -2.78. The fourth-order valence-corrected chi connectivity index (χ4v) is 4.16. The van der Waals surface area contributed by atoms with Crippen molar-refractivity contribution in [1.82, 2.24) is 15.6 Å². The number of carbonyl (C=O) groups is 2. The molecule has 4 rings (SSSR count). The molecule has 1 aliphatic rings. The third-order valence-electron chi connectivity index (χ3n) is 6.30. The third kappa shape index (κ3) is 7.97. The van der Waals surface area contributed by atoms with Crippen molar-refractivity contribution < 1.29 is 45.8 Å². The largest absolute Gasteiger partial charge is 0.490 e. The molecule has 0 spiro atoms. The fraction of sp³-hybridized carbons (Fsp3) is 0.393. The van der Waals surface area contributed by atoms with Crippen LogP contribution in [0.3, 0.4) is 0 Å². The molecule has 0 saturated carbocycles. The number of hydrogen-bond donors (Lipinski definition) is 3. The molecular formula is C28H30F4N4O6. The van der Waals surface area contributed by atoms with E-state index >= 15 is 0 Å². The predicted molar refractivity (Wildman–Crippen MR) is 141 cm³/mol. The minimum absolute atomic E-state index is 0.00142. The van der Waals surface area contributed by atoms with E-state index in [0.29, 0.717) is 44.0 Å². The van der Waals surface area contributed by atoms with Gasteiger partial charge in [-0.3, -0.25) is 9.59 Å². The minimum atomic E-state index is -3.10. The van der Waals surface area contributed by atoms with Crippen LogP contribution in [0.25, 0.3) is 11.5 Å². The first-order valence-corrected chi connectivity index (χ1v) is 13.2. The third-order valence-corrected chi connectivity index (χ3v) is 6.30. The summed E-state index contributed by atoms with van der Waals surface area (Å²) in [5, 5.41) is 5.60. The lowest BCUT2D eigenvalue weighted by molar-refractivity contribution is -0.139. The Morgan fingerprint density at radius 1 is 1.17 bits per heavy atom. The molecule has 4 N–H and O–H groups in total. The highest BCUT2D eigenvalue weighted by molar-refractivity contribution is 5.94. The molecular weight excluding hydrogens is 564 g/mol. The van der Waals surface area contributed by atoms with E-state index in [4.69, 9.17) is 19.6 Å². The molecule has 3 aromatic rings. The van der Waals surface area contributed by atoms with Crippen LogP contribution in [0.2, 0.25) is 0 Å². The highest BCUT2D eigenvalue weighted by atomic mass is 19.3. The highest BCUT2D eigenvalue weighted by Gasteiger charge is 2.26. The van der Waals surface area contributed by atoms with Crippen LogP contribution in [-0.2, 0) is 16.1 Å². The van der Waals surface area contributed by atoms with E-state index in [1.165, 1.54) is 24.3 Å². The number of aromatic nitrogens is 1. The molecule has 42 heavy (non-hydrogen) atoms. The molecule has 1 aromatic heterocycles. The van der Waals surface area contributed by atoms with Crippen LogP contribution in [0.15, 0.2) is 40.8 Å². The summed E-state index contributed by atoms with van der Waals surface area (Å²) in [7, 11) is 0. The number of halogens is 4. The number of rotatable bonds is 14. The lowest BCUT2D eigenvalue weighted by atomic mass is 10.2. The number of cyclic esters (lactones) is 1. The van der Waals surface area contributed by atoms with Gasteiger partial charge in [0.05, 0.1) is 19.3 Å². The van der Waals surface area contributed by atoms with Crippen LogP contribution in [0.1, 0.15) is 54.0 Å². The average Bonchev–Trinajstić information content (AvgIpc) is 3.57. The molecule has 0 aliphatic carbocycles. The quantitative estimate of drug-likeness (QED) is 0.142. The lowest BCUT2D eigenvalue weighted by Crippen LogP contribution is -2.33. The van der Waals surface area contributed by atoms with Crippen LogP contribution in [0.4, 0.5) is 17.6 Å². The molecule has 10 nitrogen and oxygen atoms in total. The Hall–Kier alpha value is -4.17. The predicted octanol–water partition coefficient (Wildman–Crippen LogP) is 4.24. The molecule has 1 aliphatic heterocycles. The molecule has 226 valence electrons. The number of ether oxygens (including phenoxy) is 3. The topological polar surface area (TPSA) is 138 Å². The maximum Gasteiger partial charge on any atom is 0.387 e. The summed E-state index contributed by atoms with van der Waals surface area (Å²) < 4.78 is 74.1. The Kier molecular flexibility index (Phi) is 10.4. The first kappa shape index (κ1) is 30.8. The second-order valence-electron chi connectivity index (χ2n) is 9.50. The van der Waals surface area contributed by atoms with E-state index in [-0.39, 0.29) is 59.6 Å². The maximum atomic E-state index is 14.0. The van der Waals surface area contributed by atoms with Crippen LogP contribution >= 0.6 is 0 Å². The van der Waals surface area contributed by atoms with Crippen molar-refractivity contribution in [1.29, 1.82) is 0 Å². The molecule has 1 fully saturated rings. The number of amides is 1. The number of oxazole rings is 1. The van der Waals surface area contributed by atoms with Crippen molar-refractivity contribution in [2.24, 2.45) is 5.73 Å². The number of nitrogens with zero attached hydrogens (tertiary/aromatic N) is 1. The summed E-state index contributed by atoms with van der Waals surface area (Å²) >= 11 is 0. The number of hydrogen-bond acceptors (Lipinski definition) is 9. The van der Waals surface area contributed by atoms with Crippen LogP contribution in [-0.4, -0.2) is 49.3 Å². The van der Waals surface area contributed by atoms with Gasteiger partial charge in [-0.25, -0.2) is 13.8 Å². The molecule has 0 bridgehead atoms. The fourth-order valence-electron chi connectivity index (χ4n) is 4.16. The van der Waals surface area contributed by atoms with Crippen molar-refractivity contribution in [2.45, 2.75) is 51.4 Å². The second kappa shape index (κ2) is 14.1. The molecule has 0 radical (unpaired) electrons. The van der Waals surface area contributed by atoms with Crippen molar-refractivity contribution in [2.75, 3.05) is 19.8 Å². The van der Waals surface area contributed by atoms with Gasteiger partial charge in [0.1, 0.15) is 17.7 Å². The van der Waals surface area contributed by atoms with E-state index < -0.39 is 30.2 Å². The average molecular weight is 595 g/mol. The number of nitrogens with two attached hydrogens (primary N) is 1. The van der Waals surface area contributed by atoms with E-state index in [2.05, 4.69) is 20.4 Å². The number of nitrogens with one attached hydrogen (secondary N) is 2. The molecule has 2 atom stereocenters. The van der Waals surface area contributed by atoms with E-state index in [0.717, 1.165) is 6.07 Å². The van der Waals surface area contributed by atoms with Gasteiger partial charge in [0.2, 0.25) is 5.89 Å². The Morgan fingerprint density at radius 2 is 1.98 bits per heavy atom. The van der Waals surface area contributed by atoms with Crippen LogP contribution in [0.5, 0.6) is 11.5 Å². The lowest BCUT2D eigenvalue weighted by Gasteiger charge is -2.13. The molecule has 2 heterocycles. The van der Waals surface area contributed by atoms with Gasteiger partial charge < -0.3 is 35.0 Å². The number of carbonyl (C=O) groups excluding carboxylic acids is 2. The van der Waals surface area contributed by atoms with Crippen LogP contribution in [0, 0.1) is 11.6 Å². The van der Waals surface area contributed by atoms with Gasteiger partial charge >= 0.3 is 12.6 Å². The van der Waals surface area contributed by atoms with E-state index in [1.807, 2.05) is 0 Å². The smallest absolute Gasteiger partial charge is 0.387 e. The molecule has 1 amide bonds. The monoisotopic (exact) mass is 594 g/mol. The standard InChI is InChI=1S/C28H30F4N4O6/c1-15(33)24-23(25(37)35-14-17-4-6-18(29)13-19(17)30)36-26(42-24)16-5-7-21(41-28(31)32)22(12-16)39-10-3-2-9-34-20-8-11-40-27(20)38/h4-7,12-13,15,20,28,34H,2-3,8-11,14,33H2,1H3,(H,35,37)/t15-,20?/m0/s1. The van der Waals surface area contributed by atoms with E-state index in [9.17, 15) is 27.2 Å². The molecule has 2 aromatic carbocycles. The van der Waals surface area contributed by atoms with Gasteiger partial charge in [0.15, 0.2) is 23.0 Å². The zero-order chi connectivity index (χ0) is 30.2. The van der Waals surface area contributed by atoms with Gasteiger partial charge in [-0.15, -0.1) is 0 Å². The van der Waals surface area contributed by atoms with Gasteiger partial charge in [-0.2, -0.15) is 8.78 Å². The molecule has 1 unspecified atom stereocenters. The minimum Gasteiger partial charge on any atom is -0.490 e. The Morgan fingerprint density at radius 3 is 2.67 bits per heavy atom. The summed E-state index contributed by atoms with van der Waals surface area (Å²) in [4.78, 5) is 28.7. The number of benzene rings is 2. The van der Waals surface area contributed by atoms with Crippen LogP contribution < -0.4 is 25.8 Å². The Labute approximate surface area is 238 Å². The summed E-state index contributed by atoms with van der Waals surface area (Å²) in [6.07, 6.45) is 1.80. The SMILES string of the molecule is C[C@H](N)c1oc(-c2ccc(OC(F)F)c(OCCCCNC3CCOC3=O)c2)nc1C(=O)NCc1ccc(F)cc1F. The van der Waals surface area contributed by atoms with Crippen molar-refractivity contribution in [3.63, 3.8) is 0 Å². The van der Waals surface area contributed by atoms with Crippen molar-refractivity contribution >= 4 is 11.9 Å². The van der Waals surface area contributed by atoms with Crippen molar-refractivity contribution in [3.05, 3.63) is 65.1 Å². The first-order valence-electron chi connectivity index (χ1n) is 13.2. The van der Waals surface area contributed by atoms with Gasteiger partial charge in [-0.1, -0.05) is 6.07 Å².